The van der Waals surface area contributed by atoms with Crippen molar-refractivity contribution in [3.05, 3.63) is 105 Å². The number of anilines is 1. The Morgan fingerprint density at radius 1 is 0.939 bits per heavy atom. The van der Waals surface area contributed by atoms with E-state index in [-0.39, 0.29) is 22.6 Å². The maximum atomic E-state index is 13.6. The van der Waals surface area contributed by atoms with E-state index in [1.807, 2.05) is 79.4 Å². The fraction of sp³-hybridized carbons (Fsp3) is 0.296. The van der Waals surface area contributed by atoms with Crippen LogP contribution in [-0.2, 0) is 6.54 Å². The summed E-state index contributed by atoms with van der Waals surface area (Å²) in [6.07, 6.45) is 1.62. The third kappa shape index (κ3) is 5.29. The summed E-state index contributed by atoms with van der Waals surface area (Å²) in [5.74, 6) is 0.0102. The van der Waals surface area contributed by atoms with Crippen molar-refractivity contribution in [3.63, 3.8) is 0 Å². The van der Waals surface area contributed by atoms with E-state index in [4.69, 9.17) is 0 Å². The van der Waals surface area contributed by atoms with Gasteiger partial charge in [-0.3, -0.25) is 19.8 Å². The highest BCUT2D eigenvalue weighted by Crippen LogP contribution is 2.28. The lowest BCUT2D eigenvalue weighted by Gasteiger charge is -2.38. The van der Waals surface area contributed by atoms with E-state index in [0.29, 0.717) is 12.1 Å². The predicted octanol–water partition coefficient (Wildman–Crippen LogP) is 5.52. The molecular formula is C27H29N3O3. The summed E-state index contributed by atoms with van der Waals surface area (Å²) in [5.41, 5.74) is 4.76. The molecule has 1 saturated heterocycles. The van der Waals surface area contributed by atoms with Crippen LogP contribution in [0.25, 0.3) is 0 Å². The molecule has 1 fully saturated rings. The van der Waals surface area contributed by atoms with Gasteiger partial charge in [0, 0.05) is 48.6 Å². The number of carbonyl (C=O) groups is 1. The summed E-state index contributed by atoms with van der Waals surface area (Å²) in [7, 11) is 0. The van der Waals surface area contributed by atoms with Crippen LogP contribution in [0.3, 0.4) is 0 Å². The van der Waals surface area contributed by atoms with E-state index in [9.17, 15) is 14.9 Å². The van der Waals surface area contributed by atoms with Crippen LogP contribution in [0.15, 0.2) is 72.8 Å². The van der Waals surface area contributed by atoms with Crippen LogP contribution in [-0.4, -0.2) is 34.9 Å². The minimum atomic E-state index is -0.318. The summed E-state index contributed by atoms with van der Waals surface area (Å²) in [6, 6.07) is 22.8. The number of likely N-dealkylation sites (tertiary alicyclic amines) is 1. The molecule has 170 valence electrons. The largest absolute Gasteiger partial charge is 0.305 e. The average molecular weight is 444 g/mol. The molecular weight excluding hydrogens is 414 g/mol. The quantitative estimate of drug-likeness (QED) is 0.371. The maximum Gasteiger partial charge on any atom is 0.273 e. The molecule has 0 atom stereocenters. The molecule has 33 heavy (non-hydrogen) atoms. The van der Waals surface area contributed by atoms with Crippen LogP contribution in [0.2, 0.25) is 0 Å². The monoisotopic (exact) mass is 443 g/mol. The van der Waals surface area contributed by atoms with Crippen molar-refractivity contribution in [2.24, 2.45) is 0 Å². The van der Waals surface area contributed by atoms with Gasteiger partial charge in [0.15, 0.2) is 0 Å². The topological polar surface area (TPSA) is 66.7 Å². The SMILES string of the molecule is Cc1ccc(C(=O)N(c2ccc(C)cc2)C2CCN(Cc3ccccc3[N+](=O)[O-])CC2)cc1. The van der Waals surface area contributed by atoms with E-state index < -0.39 is 0 Å². The average Bonchev–Trinajstić information content (AvgIpc) is 2.82. The van der Waals surface area contributed by atoms with Gasteiger partial charge in [-0.2, -0.15) is 0 Å². The number of nitro groups is 1. The van der Waals surface area contributed by atoms with Crippen LogP contribution < -0.4 is 4.90 Å². The number of hydrogen-bond acceptors (Lipinski definition) is 4. The third-order valence-electron chi connectivity index (χ3n) is 6.33. The highest BCUT2D eigenvalue weighted by atomic mass is 16.6. The first-order valence-electron chi connectivity index (χ1n) is 11.3. The van der Waals surface area contributed by atoms with Crippen molar-refractivity contribution in [1.82, 2.24) is 4.90 Å². The number of aryl methyl sites for hydroxylation is 2. The van der Waals surface area contributed by atoms with Gasteiger partial charge in [0.1, 0.15) is 0 Å². The Labute approximate surface area is 194 Å². The molecule has 6 nitrogen and oxygen atoms in total. The van der Waals surface area contributed by atoms with Gasteiger partial charge in [0.05, 0.1) is 4.92 Å². The second-order valence-corrected chi connectivity index (χ2v) is 8.77. The van der Waals surface area contributed by atoms with Gasteiger partial charge >= 0.3 is 0 Å². The normalized spacial score (nSPS) is 14.7. The van der Waals surface area contributed by atoms with Gasteiger partial charge in [-0.15, -0.1) is 0 Å². The molecule has 0 spiro atoms. The molecule has 0 radical (unpaired) electrons. The Bertz CT molecular complexity index is 1120. The van der Waals surface area contributed by atoms with Crippen LogP contribution in [0.1, 0.15) is 39.9 Å². The number of hydrogen-bond donors (Lipinski definition) is 0. The number of nitrogens with zero attached hydrogens (tertiary/aromatic N) is 3. The Kier molecular flexibility index (Phi) is 6.84. The highest BCUT2D eigenvalue weighted by Gasteiger charge is 2.30. The molecule has 0 aliphatic carbocycles. The lowest BCUT2D eigenvalue weighted by atomic mass is 9.99. The van der Waals surface area contributed by atoms with Crippen molar-refractivity contribution in [1.29, 1.82) is 0 Å². The number of nitro benzene ring substituents is 1. The highest BCUT2D eigenvalue weighted by molar-refractivity contribution is 6.06. The number of rotatable bonds is 6. The van der Waals surface area contributed by atoms with Crippen molar-refractivity contribution in [3.8, 4) is 0 Å². The van der Waals surface area contributed by atoms with Crippen LogP contribution in [0.5, 0.6) is 0 Å². The van der Waals surface area contributed by atoms with Crippen molar-refractivity contribution in [2.45, 2.75) is 39.3 Å². The molecule has 1 aliphatic heterocycles. The van der Waals surface area contributed by atoms with Crippen LogP contribution in [0.4, 0.5) is 11.4 Å². The molecule has 3 aromatic rings. The standard InChI is InChI=1S/C27H29N3O3/c1-20-7-11-22(12-8-20)27(31)29(24-13-9-21(2)10-14-24)25-15-17-28(18-16-25)19-23-5-3-4-6-26(23)30(32)33/h3-14,25H,15-19H2,1-2H3. The molecule has 1 amide bonds. The van der Waals surface area contributed by atoms with Gasteiger partial charge in [-0.25, -0.2) is 0 Å². The summed E-state index contributed by atoms with van der Waals surface area (Å²) in [6.45, 7) is 6.15. The third-order valence-corrected chi connectivity index (χ3v) is 6.33. The van der Waals surface area contributed by atoms with Gasteiger partial charge in [-0.1, -0.05) is 53.6 Å². The predicted molar refractivity (Wildman–Crippen MR) is 131 cm³/mol. The number of piperidine rings is 1. The van der Waals surface area contributed by atoms with Gasteiger partial charge in [0.25, 0.3) is 11.6 Å². The molecule has 6 heteroatoms. The summed E-state index contributed by atoms with van der Waals surface area (Å²) < 4.78 is 0. The first-order chi connectivity index (χ1) is 15.9. The zero-order valence-corrected chi connectivity index (χ0v) is 19.1. The van der Waals surface area contributed by atoms with Crippen LogP contribution >= 0.6 is 0 Å². The first kappa shape index (κ1) is 22.7. The smallest absolute Gasteiger partial charge is 0.273 e. The van der Waals surface area contributed by atoms with Crippen molar-refractivity contribution in [2.75, 3.05) is 18.0 Å². The van der Waals surface area contributed by atoms with Crippen molar-refractivity contribution < 1.29 is 9.72 Å². The zero-order valence-electron chi connectivity index (χ0n) is 19.1. The number of carbonyl (C=O) groups excluding carboxylic acids is 1. The molecule has 0 bridgehead atoms. The lowest BCUT2D eigenvalue weighted by molar-refractivity contribution is -0.385. The van der Waals surface area contributed by atoms with Crippen molar-refractivity contribution >= 4 is 17.3 Å². The second kappa shape index (κ2) is 9.96. The van der Waals surface area contributed by atoms with Crippen LogP contribution in [0, 0.1) is 24.0 Å². The molecule has 0 aromatic heterocycles. The molecule has 1 aliphatic rings. The minimum absolute atomic E-state index is 0.0102. The number of amides is 1. The fourth-order valence-corrected chi connectivity index (χ4v) is 4.43. The Morgan fingerprint density at radius 3 is 2.12 bits per heavy atom. The second-order valence-electron chi connectivity index (χ2n) is 8.77. The molecule has 3 aromatic carbocycles. The Hall–Kier alpha value is -3.51. The Balaban J connectivity index is 1.52. The molecule has 0 N–H and O–H groups in total. The molecule has 0 saturated carbocycles. The van der Waals surface area contributed by atoms with Gasteiger partial charge < -0.3 is 4.90 Å². The number of benzene rings is 3. The summed E-state index contributed by atoms with van der Waals surface area (Å²) in [5, 5.41) is 11.4. The van der Waals surface area contributed by atoms with E-state index in [1.54, 1.807) is 12.1 Å². The van der Waals surface area contributed by atoms with Gasteiger partial charge in [0.2, 0.25) is 0 Å². The van der Waals surface area contributed by atoms with Gasteiger partial charge in [-0.05, 0) is 51.0 Å². The lowest BCUT2D eigenvalue weighted by Crippen LogP contribution is -2.47. The molecule has 1 heterocycles. The molecule has 0 unspecified atom stereocenters. The summed E-state index contributed by atoms with van der Waals surface area (Å²) >= 11 is 0. The molecule has 4 rings (SSSR count). The number of para-hydroxylation sites is 1. The van der Waals surface area contributed by atoms with E-state index >= 15 is 0 Å². The fourth-order valence-electron chi connectivity index (χ4n) is 4.43. The van der Waals surface area contributed by atoms with E-state index in [2.05, 4.69) is 4.90 Å². The zero-order chi connectivity index (χ0) is 23.4. The first-order valence-corrected chi connectivity index (χ1v) is 11.3. The van der Waals surface area contributed by atoms with E-state index in [1.165, 1.54) is 0 Å². The summed E-state index contributed by atoms with van der Waals surface area (Å²) in [4.78, 5) is 28.8. The maximum absolute atomic E-state index is 13.6. The Morgan fingerprint density at radius 2 is 1.52 bits per heavy atom. The van der Waals surface area contributed by atoms with E-state index in [0.717, 1.165) is 48.3 Å². The minimum Gasteiger partial charge on any atom is -0.305 e.